The van der Waals surface area contributed by atoms with Crippen molar-refractivity contribution in [2.45, 2.75) is 79.3 Å². The molecule has 0 aliphatic heterocycles. The molecular formula is C18H33N3. The van der Waals surface area contributed by atoms with Crippen LogP contribution in [-0.2, 0) is 19.4 Å². The highest BCUT2D eigenvalue weighted by atomic mass is 15.3. The van der Waals surface area contributed by atoms with Crippen LogP contribution in [-0.4, -0.2) is 22.4 Å². The quantitative estimate of drug-likeness (QED) is 0.828. The van der Waals surface area contributed by atoms with Crippen molar-refractivity contribution >= 4 is 0 Å². The Labute approximate surface area is 130 Å². The molecule has 1 saturated carbocycles. The number of hydrogen-bond acceptors (Lipinski definition) is 2. The molecule has 3 nitrogen and oxygen atoms in total. The fourth-order valence-corrected chi connectivity index (χ4v) is 4.07. The Kier molecular flexibility index (Phi) is 5.48. The van der Waals surface area contributed by atoms with E-state index < -0.39 is 0 Å². The molecule has 0 radical (unpaired) electrons. The Morgan fingerprint density at radius 3 is 2.67 bits per heavy atom. The van der Waals surface area contributed by atoms with E-state index in [4.69, 9.17) is 5.10 Å². The molecule has 2 atom stereocenters. The molecule has 21 heavy (non-hydrogen) atoms. The predicted molar refractivity (Wildman–Crippen MR) is 89.6 cm³/mol. The second kappa shape index (κ2) is 6.95. The van der Waals surface area contributed by atoms with Gasteiger partial charge in [-0.25, -0.2) is 0 Å². The molecular weight excluding hydrogens is 258 g/mol. The summed E-state index contributed by atoms with van der Waals surface area (Å²) in [6.45, 7) is 13.5. The summed E-state index contributed by atoms with van der Waals surface area (Å²) in [7, 11) is 0. The lowest BCUT2D eigenvalue weighted by atomic mass is 9.76. The summed E-state index contributed by atoms with van der Waals surface area (Å²) in [5.74, 6) is 0.780. The molecule has 1 heterocycles. The maximum Gasteiger partial charge on any atom is 0.0624 e. The van der Waals surface area contributed by atoms with Crippen molar-refractivity contribution in [3.63, 3.8) is 0 Å². The molecule has 1 aromatic rings. The highest BCUT2D eigenvalue weighted by Gasteiger charge is 2.39. The van der Waals surface area contributed by atoms with Crippen LogP contribution in [0.25, 0.3) is 0 Å². The first kappa shape index (κ1) is 16.5. The molecule has 1 aliphatic rings. The van der Waals surface area contributed by atoms with Crippen LogP contribution in [0.3, 0.4) is 0 Å². The zero-order valence-corrected chi connectivity index (χ0v) is 14.6. The van der Waals surface area contributed by atoms with Gasteiger partial charge in [0.1, 0.15) is 0 Å². The predicted octanol–water partition coefficient (Wildman–Crippen LogP) is 3.81. The molecule has 1 aromatic heterocycles. The van der Waals surface area contributed by atoms with E-state index in [1.54, 1.807) is 0 Å². The molecule has 3 heteroatoms. The van der Waals surface area contributed by atoms with Crippen molar-refractivity contribution in [2.24, 2.45) is 11.3 Å². The number of aryl methyl sites for hydroxylation is 2. The van der Waals surface area contributed by atoms with E-state index in [0.717, 1.165) is 31.8 Å². The first-order valence-electron chi connectivity index (χ1n) is 8.80. The lowest BCUT2D eigenvalue weighted by molar-refractivity contribution is 0.195. The lowest BCUT2D eigenvalue weighted by Gasteiger charge is -2.35. The molecule has 0 saturated heterocycles. The second-order valence-corrected chi connectivity index (χ2v) is 7.15. The van der Waals surface area contributed by atoms with Crippen molar-refractivity contribution in [1.29, 1.82) is 0 Å². The van der Waals surface area contributed by atoms with E-state index in [2.05, 4.69) is 50.7 Å². The second-order valence-electron chi connectivity index (χ2n) is 7.15. The van der Waals surface area contributed by atoms with Crippen LogP contribution in [0.5, 0.6) is 0 Å². The minimum absolute atomic E-state index is 0.470. The topological polar surface area (TPSA) is 29.9 Å². The molecule has 2 rings (SSSR count). The Hall–Kier alpha value is -0.830. The zero-order valence-electron chi connectivity index (χ0n) is 14.6. The van der Waals surface area contributed by atoms with Gasteiger partial charge in [0.15, 0.2) is 0 Å². The molecule has 0 amide bonds. The molecule has 0 aromatic carbocycles. The molecule has 0 spiro atoms. The summed E-state index contributed by atoms with van der Waals surface area (Å²) in [5.41, 5.74) is 3.10. The highest BCUT2D eigenvalue weighted by molar-refractivity contribution is 5.13. The lowest BCUT2D eigenvalue weighted by Crippen LogP contribution is -2.42. The average molecular weight is 291 g/mol. The van der Waals surface area contributed by atoms with E-state index in [1.165, 1.54) is 30.7 Å². The van der Waals surface area contributed by atoms with Crippen LogP contribution in [0, 0.1) is 11.3 Å². The van der Waals surface area contributed by atoms with Crippen molar-refractivity contribution < 1.29 is 0 Å². The molecule has 1 aliphatic carbocycles. The summed E-state index contributed by atoms with van der Waals surface area (Å²) in [6, 6.07) is 2.90. The first-order valence-corrected chi connectivity index (χ1v) is 8.80. The van der Waals surface area contributed by atoms with E-state index in [9.17, 15) is 0 Å². The van der Waals surface area contributed by atoms with Crippen LogP contribution in [0.4, 0.5) is 0 Å². The largest absolute Gasteiger partial charge is 0.314 e. The molecule has 0 bridgehead atoms. The van der Waals surface area contributed by atoms with Crippen LogP contribution < -0.4 is 5.32 Å². The molecule has 1 N–H and O–H groups in total. The van der Waals surface area contributed by atoms with Crippen LogP contribution in [0.2, 0.25) is 0 Å². The van der Waals surface area contributed by atoms with Gasteiger partial charge in [-0.05, 0) is 50.1 Å². The zero-order chi connectivity index (χ0) is 15.5. The van der Waals surface area contributed by atoms with Crippen LogP contribution >= 0.6 is 0 Å². The summed E-state index contributed by atoms with van der Waals surface area (Å²) in [4.78, 5) is 0. The average Bonchev–Trinajstić information content (AvgIpc) is 3.00. The van der Waals surface area contributed by atoms with Gasteiger partial charge in [0, 0.05) is 24.7 Å². The van der Waals surface area contributed by atoms with Gasteiger partial charge in [0.25, 0.3) is 0 Å². The van der Waals surface area contributed by atoms with Crippen molar-refractivity contribution in [1.82, 2.24) is 15.1 Å². The number of nitrogens with zero attached hydrogens (tertiary/aromatic N) is 2. The van der Waals surface area contributed by atoms with Crippen LogP contribution in [0.15, 0.2) is 6.07 Å². The van der Waals surface area contributed by atoms with Gasteiger partial charge in [0.05, 0.1) is 5.69 Å². The fraction of sp³-hybridized carbons (Fsp3) is 0.833. The third kappa shape index (κ3) is 3.68. The van der Waals surface area contributed by atoms with Crippen molar-refractivity contribution in [2.75, 3.05) is 6.54 Å². The normalized spacial score (nSPS) is 22.6. The third-order valence-electron chi connectivity index (χ3n) is 5.30. The number of nitrogens with one attached hydrogen (secondary N) is 1. The first-order chi connectivity index (χ1) is 10.0. The number of hydrogen-bond donors (Lipinski definition) is 1. The SMILES string of the molecule is CCNC(Cc1cc(CC)nn1CC)C1CCCC1(C)C. The summed E-state index contributed by atoms with van der Waals surface area (Å²) >= 11 is 0. The van der Waals surface area contributed by atoms with E-state index in [-0.39, 0.29) is 0 Å². The van der Waals surface area contributed by atoms with Gasteiger partial charge in [-0.3, -0.25) is 4.68 Å². The molecule has 1 fully saturated rings. The maximum atomic E-state index is 4.71. The minimum atomic E-state index is 0.470. The monoisotopic (exact) mass is 291 g/mol. The standard InChI is InChI=1S/C18H33N3/c1-6-14-12-15(21(8-3)20-14)13-17(19-7-2)16-10-9-11-18(16,4)5/h12,16-17,19H,6-11,13H2,1-5H3. The Morgan fingerprint density at radius 2 is 2.14 bits per heavy atom. The highest BCUT2D eigenvalue weighted by Crippen LogP contribution is 2.44. The van der Waals surface area contributed by atoms with Gasteiger partial charge < -0.3 is 5.32 Å². The Balaban J connectivity index is 2.18. The van der Waals surface area contributed by atoms with Crippen molar-refractivity contribution in [3.05, 3.63) is 17.5 Å². The summed E-state index contributed by atoms with van der Waals surface area (Å²) < 4.78 is 2.20. The van der Waals surface area contributed by atoms with Gasteiger partial charge in [-0.1, -0.05) is 34.1 Å². The number of rotatable bonds is 7. The summed E-state index contributed by atoms with van der Waals surface area (Å²) in [6.07, 6.45) is 6.26. The van der Waals surface area contributed by atoms with E-state index >= 15 is 0 Å². The third-order valence-corrected chi connectivity index (χ3v) is 5.30. The van der Waals surface area contributed by atoms with E-state index in [0.29, 0.717) is 11.5 Å². The van der Waals surface area contributed by atoms with Gasteiger partial charge >= 0.3 is 0 Å². The van der Waals surface area contributed by atoms with E-state index in [1.807, 2.05) is 0 Å². The Bertz CT molecular complexity index is 447. The van der Waals surface area contributed by atoms with Crippen molar-refractivity contribution in [3.8, 4) is 0 Å². The molecule has 2 unspecified atom stereocenters. The maximum absolute atomic E-state index is 4.71. The van der Waals surface area contributed by atoms with Gasteiger partial charge in [-0.15, -0.1) is 0 Å². The smallest absolute Gasteiger partial charge is 0.0624 e. The number of likely N-dealkylation sites (N-methyl/N-ethyl adjacent to an activating group) is 1. The number of aromatic nitrogens is 2. The van der Waals surface area contributed by atoms with Gasteiger partial charge in [-0.2, -0.15) is 5.10 Å². The summed E-state index contributed by atoms with van der Waals surface area (Å²) in [5, 5.41) is 8.48. The van der Waals surface area contributed by atoms with Gasteiger partial charge in [0.2, 0.25) is 0 Å². The Morgan fingerprint density at radius 1 is 1.38 bits per heavy atom. The minimum Gasteiger partial charge on any atom is -0.314 e. The van der Waals surface area contributed by atoms with Crippen LogP contribution in [0.1, 0.15) is 65.3 Å². The fourth-order valence-electron chi connectivity index (χ4n) is 4.07. The molecule has 120 valence electrons.